The number of hydrogen-bond acceptors (Lipinski definition) is 4. The van der Waals surface area contributed by atoms with E-state index in [2.05, 4.69) is 15.1 Å². The van der Waals surface area contributed by atoms with Crippen molar-refractivity contribution in [3.63, 3.8) is 0 Å². The van der Waals surface area contributed by atoms with Crippen molar-refractivity contribution in [2.24, 2.45) is 4.99 Å². The van der Waals surface area contributed by atoms with Crippen molar-refractivity contribution < 1.29 is 4.79 Å². The van der Waals surface area contributed by atoms with Crippen molar-refractivity contribution in [3.05, 3.63) is 35.9 Å². The molecule has 1 heterocycles. The molecular weight excluding hydrogens is 366 g/mol. The number of nitrogens with zero attached hydrogens (tertiary/aromatic N) is 3. The first-order valence-electron chi connectivity index (χ1n) is 9.35. The van der Waals surface area contributed by atoms with Gasteiger partial charge in [-0.25, -0.2) is 4.99 Å². The third kappa shape index (κ3) is 4.72. The van der Waals surface area contributed by atoms with Crippen molar-refractivity contribution in [1.29, 1.82) is 0 Å². The van der Waals surface area contributed by atoms with Crippen LogP contribution in [0.2, 0.25) is 0 Å². The molecule has 0 radical (unpaired) electrons. The van der Waals surface area contributed by atoms with Crippen LogP contribution in [0.25, 0.3) is 0 Å². The third-order valence-corrected chi connectivity index (χ3v) is 5.79. The maximum absolute atomic E-state index is 13.2. The Kier molecular flexibility index (Phi) is 8.23. The lowest BCUT2D eigenvalue weighted by Crippen LogP contribution is -2.53. The Morgan fingerprint density at radius 3 is 2.50 bits per heavy atom. The number of aliphatic imine (C=N–C) groups is 1. The van der Waals surface area contributed by atoms with Gasteiger partial charge in [-0.3, -0.25) is 9.69 Å². The molecule has 1 aliphatic carbocycles. The summed E-state index contributed by atoms with van der Waals surface area (Å²) in [5.74, 6) is 0.0275. The molecule has 0 bridgehead atoms. The summed E-state index contributed by atoms with van der Waals surface area (Å²) in [6.45, 7) is 2.34. The molecule has 2 fully saturated rings. The van der Waals surface area contributed by atoms with Crippen molar-refractivity contribution in [1.82, 2.24) is 9.80 Å². The second-order valence-electron chi connectivity index (χ2n) is 7.14. The fourth-order valence-electron chi connectivity index (χ4n) is 4.36. The molecule has 1 amide bonds. The summed E-state index contributed by atoms with van der Waals surface area (Å²) in [6.07, 6.45) is 7.28. The number of halogens is 1. The number of hydrogen-bond donors (Lipinski definition) is 0. The highest BCUT2D eigenvalue weighted by molar-refractivity contribution is 7.78. The molecule has 1 saturated heterocycles. The van der Waals surface area contributed by atoms with Crippen LogP contribution in [-0.4, -0.2) is 53.1 Å². The molecule has 4 nitrogen and oxygen atoms in total. The van der Waals surface area contributed by atoms with E-state index in [1.54, 1.807) is 0 Å². The topological polar surface area (TPSA) is 35.9 Å². The van der Waals surface area contributed by atoms with Crippen molar-refractivity contribution in [3.8, 4) is 0 Å². The molecule has 0 spiro atoms. The molecule has 3 rings (SSSR count). The van der Waals surface area contributed by atoms with E-state index in [9.17, 15) is 4.79 Å². The van der Waals surface area contributed by atoms with Gasteiger partial charge < -0.3 is 4.90 Å². The summed E-state index contributed by atoms with van der Waals surface area (Å²) in [7, 11) is 1.94. The molecule has 0 N–H and O–H groups in total. The Bertz CT molecular complexity index is 629. The number of amides is 1. The molecule has 142 valence electrons. The largest absolute Gasteiger partial charge is 0.339 e. The van der Waals surface area contributed by atoms with Crippen LogP contribution in [0.15, 0.2) is 35.3 Å². The minimum atomic E-state index is -0.579. The summed E-state index contributed by atoms with van der Waals surface area (Å²) in [5.41, 5.74) is 0.880. The number of carbonyl (C=O) groups excluding carboxylic acids is 1. The van der Waals surface area contributed by atoms with Gasteiger partial charge in [-0.15, -0.1) is 12.4 Å². The lowest BCUT2D eigenvalue weighted by atomic mass is 9.87. The van der Waals surface area contributed by atoms with E-state index in [1.807, 2.05) is 42.3 Å². The van der Waals surface area contributed by atoms with Crippen LogP contribution in [0.5, 0.6) is 0 Å². The van der Waals surface area contributed by atoms with E-state index in [0.717, 1.165) is 12.0 Å². The van der Waals surface area contributed by atoms with Crippen LogP contribution in [0.1, 0.15) is 50.1 Å². The van der Waals surface area contributed by atoms with Crippen molar-refractivity contribution in [2.45, 2.75) is 56.7 Å². The van der Waals surface area contributed by atoms with Gasteiger partial charge in [0.05, 0.1) is 5.16 Å². The second-order valence-corrected chi connectivity index (χ2v) is 7.33. The van der Waals surface area contributed by atoms with Crippen LogP contribution < -0.4 is 0 Å². The van der Waals surface area contributed by atoms with Gasteiger partial charge in [0.25, 0.3) is 5.91 Å². The normalized spacial score (nSPS) is 24.2. The van der Waals surface area contributed by atoms with E-state index in [-0.39, 0.29) is 24.4 Å². The zero-order chi connectivity index (χ0) is 17.6. The molecule has 0 unspecified atom stereocenters. The smallest absolute Gasteiger partial charge is 0.252 e. The highest BCUT2D eigenvalue weighted by Gasteiger charge is 2.37. The number of carbonyl (C=O) groups is 1. The molecule has 6 heteroatoms. The average molecular weight is 394 g/mol. The first kappa shape index (κ1) is 21.0. The summed E-state index contributed by atoms with van der Waals surface area (Å²) >= 11 is 4.81. The van der Waals surface area contributed by atoms with Crippen LogP contribution in [0, 0.1) is 0 Å². The quantitative estimate of drug-likeness (QED) is 0.557. The van der Waals surface area contributed by atoms with Crippen molar-refractivity contribution in [2.75, 3.05) is 20.1 Å². The van der Waals surface area contributed by atoms with E-state index < -0.39 is 6.04 Å². The Labute approximate surface area is 168 Å². The summed E-state index contributed by atoms with van der Waals surface area (Å²) in [6, 6.07) is 9.86. The minimum Gasteiger partial charge on any atom is -0.339 e. The molecule has 1 saturated carbocycles. The molecule has 2 aliphatic rings. The highest BCUT2D eigenvalue weighted by atomic mass is 35.5. The van der Waals surface area contributed by atoms with Gasteiger partial charge in [0.15, 0.2) is 6.04 Å². The third-order valence-electron chi connectivity index (χ3n) is 5.68. The first-order chi connectivity index (χ1) is 12.2. The van der Waals surface area contributed by atoms with Crippen LogP contribution in [-0.2, 0) is 4.79 Å². The number of isothiocyanates is 1. The van der Waals surface area contributed by atoms with Crippen LogP contribution in [0.4, 0.5) is 0 Å². The molecule has 1 aromatic carbocycles. The Morgan fingerprint density at radius 1 is 1.19 bits per heavy atom. The van der Waals surface area contributed by atoms with Gasteiger partial charge in [0.2, 0.25) is 0 Å². The maximum Gasteiger partial charge on any atom is 0.252 e. The fraction of sp³-hybridized carbons (Fsp3) is 0.600. The van der Waals surface area contributed by atoms with Crippen LogP contribution in [0.3, 0.4) is 0 Å². The van der Waals surface area contributed by atoms with E-state index in [4.69, 9.17) is 12.2 Å². The predicted octanol–water partition coefficient (Wildman–Crippen LogP) is 4.12. The number of benzene rings is 1. The summed E-state index contributed by atoms with van der Waals surface area (Å²) in [4.78, 5) is 21.9. The fourth-order valence-corrected chi connectivity index (χ4v) is 4.46. The van der Waals surface area contributed by atoms with Gasteiger partial charge in [-0.1, -0.05) is 43.2 Å². The molecule has 3 atom stereocenters. The molecule has 1 aliphatic heterocycles. The number of likely N-dealkylation sites (N-methyl/N-ethyl adjacent to an activating group) is 1. The van der Waals surface area contributed by atoms with Gasteiger partial charge in [-0.2, -0.15) is 0 Å². The first-order valence-corrected chi connectivity index (χ1v) is 9.76. The van der Waals surface area contributed by atoms with E-state index >= 15 is 0 Å². The molecule has 26 heavy (non-hydrogen) atoms. The molecule has 0 aromatic heterocycles. The summed E-state index contributed by atoms with van der Waals surface area (Å²) in [5, 5.41) is 2.42. The zero-order valence-electron chi connectivity index (χ0n) is 15.3. The molecular formula is C20H28ClN3OS. The van der Waals surface area contributed by atoms with E-state index in [1.165, 1.54) is 45.2 Å². The zero-order valence-corrected chi connectivity index (χ0v) is 17.0. The van der Waals surface area contributed by atoms with Crippen molar-refractivity contribution >= 4 is 35.7 Å². The number of thiocarbonyl (C=S) groups is 1. The number of rotatable bonds is 5. The van der Waals surface area contributed by atoms with Gasteiger partial charge in [0, 0.05) is 19.1 Å². The lowest BCUT2D eigenvalue weighted by molar-refractivity contribution is -0.135. The summed E-state index contributed by atoms with van der Waals surface area (Å²) < 4.78 is 0. The Hall–Kier alpha value is -1.26. The number of likely N-dealkylation sites (tertiary alicyclic amines) is 1. The average Bonchev–Trinajstić information content (AvgIpc) is 3.20. The monoisotopic (exact) mass is 393 g/mol. The Balaban J connectivity index is 0.00000243. The molecule has 1 aromatic rings. The second kappa shape index (κ2) is 10.2. The lowest BCUT2D eigenvalue weighted by Gasteiger charge is -2.43. The van der Waals surface area contributed by atoms with Gasteiger partial charge >= 0.3 is 0 Å². The van der Waals surface area contributed by atoms with Gasteiger partial charge in [-0.05, 0) is 56.6 Å². The SMILES string of the molecule is CN(C(=O)[C@@H](N=C=S)c1ccccc1)[C@H]1CCCC[C@@H]1N1CCCC1.Cl. The predicted molar refractivity (Wildman–Crippen MR) is 111 cm³/mol. The van der Waals surface area contributed by atoms with E-state index in [0.29, 0.717) is 6.04 Å². The minimum absolute atomic E-state index is 0. The van der Waals surface area contributed by atoms with Crippen LogP contribution >= 0.6 is 24.6 Å². The maximum atomic E-state index is 13.2. The highest BCUT2D eigenvalue weighted by Crippen LogP contribution is 2.31. The van der Waals surface area contributed by atoms with Gasteiger partial charge in [0.1, 0.15) is 0 Å². The Morgan fingerprint density at radius 2 is 1.85 bits per heavy atom. The standard InChI is InChI=1S/C20H27N3OS.ClH/c1-22(17-11-5-6-12-18(17)23-13-7-8-14-23)20(24)19(21-15-25)16-9-3-2-4-10-16;/h2-4,9-10,17-19H,5-8,11-14H2,1H3;1H/t17-,18-,19-;/m0./s1.